The van der Waals surface area contributed by atoms with Gasteiger partial charge in [0, 0.05) is 17.4 Å². The molecule has 1 aromatic rings. The summed E-state index contributed by atoms with van der Waals surface area (Å²) in [7, 11) is 0. The highest BCUT2D eigenvalue weighted by Crippen LogP contribution is 2.21. The van der Waals surface area contributed by atoms with Gasteiger partial charge in [0.1, 0.15) is 11.6 Å². The average Bonchev–Trinajstić information content (AvgIpc) is 2.34. The fourth-order valence-corrected chi connectivity index (χ4v) is 1.79. The number of benzene rings is 1. The van der Waals surface area contributed by atoms with Crippen LogP contribution in [0.1, 0.15) is 12.5 Å². The van der Waals surface area contributed by atoms with E-state index in [1.165, 1.54) is 24.3 Å². The summed E-state index contributed by atoms with van der Waals surface area (Å²) in [5.74, 6) is 0.849. The van der Waals surface area contributed by atoms with Crippen molar-refractivity contribution < 1.29 is 19.0 Å². The first kappa shape index (κ1) is 14.6. The molecule has 0 atom stereocenters. The van der Waals surface area contributed by atoms with Crippen molar-refractivity contribution in [3.05, 3.63) is 35.7 Å². The molecule has 0 aromatic heterocycles. The summed E-state index contributed by atoms with van der Waals surface area (Å²) in [6.07, 6.45) is 2.29. The van der Waals surface area contributed by atoms with Gasteiger partial charge in [-0.25, -0.2) is 9.18 Å². The smallest absolute Gasteiger partial charge is 0.328 e. The molecule has 0 heterocycles. The molecule has 0 bridgehead atoms. The third-order valence-corrected chi connectivity index (χ3v) is 2.93. The van der Waals surface area contributed by atoms with Crippen LogP contribution in [0.4, 0.5) is 4.39 Å². The van der Waals surface area contributed by atoms with E-state index >= 15 is 0 Å². The summed E-state index contributed by atoms with van der Waals surface area (Å²) in [6.45, 7) is 2.57. The van der Waals surface area contributed by atoms with Crippen molar-refractivity contribution in [2.45, 2.75) is 6.92 Å². The predicted octanol–water partition coefficient (Wildman–Crippen LogP) is 3.06. The van der Waals surface area contributed by atoms with Crippen molar-refractivity contribution in [3.63, 3.8) is 0 Å². The Morgan fingerprint density at radius 1 is 1.56 bits per heavy atom. The Bertz CT molecular complexity index is 432. The predicted molar refractivity (Wildman–Crippen MR) is 71.6 cm³/mol. The SMILES string of the molecule is CCSCCOc1ccc(F)cc1/C=C/C(=O)O. The number of carboxylic acid groups (broad SMARTS) is 1. The number of ether oxygens (including phenoxy) is 1. The zero-order chi connectivity index (χ0) is 13.4. The minimum absolute atomic E-state index is 0.421. The lowest BCUT2D eigenvalue weighted by Crippen LogP contribution is -2.02. The Balaban J connectivity index is 2.73. The van der Waals surface area contributed by atoms with Gasteiger partial charge in [0.05, 0.1) is 6.61 Å². The van der Waals surface area contributed by atoms with Crippen molar-refractivity contribution >= 4 is 23.8 Å². The summed E-state index contributed by atoms with van der Waals surface area (Å²) >= 11 is 1.74. The van der Waals surface area contributed by atoms with E-state index in [1.807, 2.05) is 0 Å². The maximum atomic E-state index is 13.1. The summed E-state index contributed by atoms with van der Waals surface area (Å²) in [4.78, 5) is 10.4. The molecule has 0 aliphatic heterocycles. The number of carboxylic acids is 1. The number of aliphatic carboxylic acids is 1. The quantitative estimate of drug-likeness (QED) is 0.611. The van der Waals surface area contributed by atoms with Crippen molar-refractivity contribution in [1.29, 1.82) is 0 Å². The maximum Gasteiger partial charge on any atom is 0.328 e. The van der Waals surface area contributed by atoms with Crippen LogP contribution in [-0.2, 0) is 4.79 Å². The molecule has 0 saturated carbocycles. The van der Waals surface area contributed by atoms with Crippen LogP contribution in [-0.4, -0.2) is 29.2 Å². The van der Waals surface area contributed by atoms with Gasteiger partial charge in [-0.2, -0.15) is 11.8 Å². The number of rotatable bonds is 7. The minimum atomic E-state index is -1.08. The van der Waals surface area contributed by atoms with Crippen LogP contribution in [0.2, 0.25) is 0 Å². The molecular weight excluding hydrogens is 255 g/mol. The summed E-state index contributed by atoms with van der Waals surface area (Å²) < 4.78 is 18.6. The largest absolute Gasteiger partial charge is 0.492 e. The van der Waals surface area contributed by atoms with Gasteiger partial charge in [-0.1, -0.05) is 6.92 Å². The Morgan fingerprint density at radius 3 is 3.00 bits per heavy atom. The monoisotopic (exact) mass is 270 g/mol. The third kappa shape index (κ3) is 5.23. The summed E-state index contributed by atoms with van der Waals surface area (Å²) in [5, 5.41) is 8.56. The molecule has 0 aliphatic rings. The van der Waals surface area contributed by atoms with Crippen LogP contribution in [0.15, 0.2) is 24.3 Å². The highest BCUT2D eigenvalue weighted by atomic mass is 32.2. The van der Waals surface area contributed by atoms with E-state index in [1.54, 1.807) is 11.8 Å². The zero-order valence-electron chi connectivity index (χ0n) is 10.1. The summed E-state index contributed by atoms with van der Waals surface area (Å²) in [6, 6.07) is 4.05. The highest BCUT2D eigenvalue weighted by molar-refractivity contribution is 7.99. The number of hydrogen-bond donors (Lipinski definition) is 1. The van der Waals surface area contributed by atoms with Crippen LogP contribution < -0.4 is 4.74 Å². The van der Waals surface area contributed by atoms with Crippen molar-refractivity contribution in [1.82, 2.24) is 0 Å². The normalized spacial score (nSPS) is 10.8. The van der Waals surface area contributed by atoms with E-state index in [0.717, 1.165) is 17.6 Å². The van der Waals surface area contributed by atoms with E-state index in [0.29, 0.717) is 17.9 Å². The van der Waals surface area contributed by atoms with Gasteiger partial charge in [-0.15, -0.1) is 0 Å². The van der Waals surface area contributed by atoms with Crippen molar-refractivity contribution in [2.75, 3.05) is 18.1 Å². The molecule has 18 heavy (non-hydrogen) atoms. The molecule has 1 rings (SSSR count). The summed E-state index contributed by atoms with van der Waals surface area (Å²) in [5.41, 5.74) is 0.430. The number of carbonyl (C=O) groups is 1. The van der Waals surface area contributed by atoms with Crippen molar-refractivity contribution in [3.8, 4) is 5.75 Å². The van der Waals surface area contributed by atoms with Gasteiger partial charge in [0.15, 0.2) is 0 Å². The lowest BCUT2D eigenvalue weighted by molar-refractivity contribution is -0.131. The Kier molecular flexibility index (Phi) is 6.28. The van der Waals surface area contributed by atoms with Gasteiger partial charge in [0.2, 0.25) is 0 Å². The van der Waals surface area contributed by atoms with Crippen LogP contribution in [0.5, 0.6) is 5.75 Å². The standard InChI is InChI=1S/C13H15FO3S/c1-2-18-8-7-17-12-5-4-11(14)9-10(12)3-6-13(15)16/h3-6,9H,2,7-8H2,1H3,(H,15,16)/b6-3+. The average molecular weight is 270 g/mol. The molecule has 0 spiro atoms. The van der Waals surface area contributed by atoms with Gasteiger partial charge in [-0.3, -0.25) is 0 Å². The van der Waals surface area contributed by atoms with E-state index in [2.05, 4.69) is 6.92 Å². The van der Waals surface area contributed by atoms with Crippen LogP contribution >= 0.6 is 11.8 Å². The maximum absolute atomic E-state index is 13.1. The fraction of sp³-hybridized carbons (Fsp3) is 0.308. The molecule has 0 aliphatic carbocycles. The van der Waals surface area contributed by atoms with Gasteiger partial charge < -0.3 is 9.84 Å². The fourth-order valence-electron chi connectivity index (χ4n) is 1.30. The Hall–Kier alpha value is -1.49. The van der Waals surface area contributed by atoms with E-state index < -0.39 is 11.8 Å². The zero-order valence-corrected chi connectivity index (χ0v) is 10.9. The van der Waals surface area contributed by atoms with Gasteiger partial charge >= 0.3 is 5.97 Å². The first-order chi connectivity index (χ1) is 8.63. The third-order valence-electron chi connectivity index (χ3n) is 2.07. The van der Waals surface area contributed by atoms with Crippen LogP contribution in [0, 0.1) is 5.82 Å². The second-order valence-electron chi connectivity index (χ2n) is 3.40. The number of thioether (sulfide) groups is 1. The van der Waals surface area contributed by atoms with Gasteiger partial charge in [-0.05, 0) is 30.0 Å². The van der Waals surface area contributed by atoms with E-state index in [-0.39, 0.29) is 0 Å². The molecule has 1 aromatic carbocycles. The molecule has 0 fully saturated rings. The lowest BCUT2D eigenvalue weighted by atomic mass is 10.2. The first-order valence-corrected chi connectivity index (χ1v) is 6.70. The molecular formula is C13H15FO3S. The molecule has 5 heteroatoms. The highest BCUT2D eigenvalue weighted by Gasteiger charge is 2.03. The van der Waals surface area contributed by atoms with E-state index in [4.69, 9.17) is 9.84 Å². The van der Waals surface area contributed by atoms with Crippen molar-refractivity contribution in [2.24, 2.45) is 0 Å². The lowest BCUT2D eigenvalue weighted by Gasteiger charge is -2.08. The molecule has 1 N–H and O–H groups in total. The van der Waals surface area contributed by atoms with Crippen LogP contribution in [0.25, 0.3) is 6.08 Å². The minimum Gasteiger partial charge on any atom is -0.492 e. The molecule has 98 valence electrons. The molecule has 0 unspecified atom stereocenters. The molecule has 0 saturated heterocycles. The Morgan fingerprint density at radius 2 is 2.33 bits per heavy atom. The number of halogens is 1. The topological polar surface area (TPSA) is 46.5 Å². The molecule has 0 amide bonds. The first-order valence-electron chi connectivity index (χ1n) is 5.54. The van der Waals surface area contributed by atoms with Crippen LogP contribution in [0.3, 0.4) is 0 Å². The second kappa shape index (κ2) is 7.76. The van der Waals surface area contributed by atoms with E-state index in [9.17, 15) is 9.18 Å². The number of hydrogen-bond acceptors (Lipinski definition) is 3. The molecule has 0 radical (unpaired) electrons. The second-order valence-corrected chi connectivity index (χ2v) is 4.79. The van der Waals surface area contributed by atoms with Gasteiger partial charge in [0.25, 0.3) is 0 Å². The Labute approximate surface area is 110 Å². The molecule has 3 nitrogen and oxygen atoms in total.